The van der Waals surface area contributed by atoms with Crippen molar-refractivity contribution in [2.45, 2.75) is 25.7 Å². The molecule has 0 atom stereocenters. The summed E-state index contributed by atoms with van der Waals surface area (Å²) in [6, 6.07) is 0. The van der Waals surface area contributed by atoms with Gasteiger partial charge in [-0.15, -0.1) is 45.3 Å². The number of unbranched alkanes of at least 4 members (excludes halogenated alkanes) is 2. The number of esters is 2. The maximum Gasteiger partial charge on any atom is 1.00 e. The molecule has 0 saturated heterocycles. The third-order valence-electron chi connectivity index (χ3n) is 6.01. The SMILES string of the molecule is COC(=O)c1scc(Br)c1OCCCCOc1c(Br)csc1C(=O)OC.O=C(O)c1scc(Br)c1OCCCCOc1c(Br)csc1C(=O)O.[Na+].[OH-]. The molecule has 4 aromatic heterocycles. The molecule has 0 fully saturated rings. The van der Waals surface area contributed by atoms with Crippen LogP contribution >= 0.6 is 109 Å². The summed E-state index contributed by atoms with van der Waals surface area (Å²) in [6.45, 7) is 1.54. The van der Waals surface area contributed by atoms with Crippen LogP contribution in [0.4, 0.5) is 0 Å². The van der Waals surface area contributed by atoms with Gasteiger partial charge in [0.2, 0.25) is 0 Å². The minimum atomic E-state index is -1.02. The molecular weight excluding hydrogens is 1040 g/mol. The molecule has 0 aliphatic carbocycles. The van der Waals surface area contributed by atoms with Gasteiger partial charge in [0, 0.05) is 21.5 Å². The maximum atomic E-state index is 11.7. The molecule has 0 saturated carbocycles. The van der Waals surface area contributed by atoms with E-state index in [9.17, 15) is 19.2 Å². The van der Waals surface area contributed by atoms with Crippen molar-refractivity contribution in [2.24, 2.45) is 0 Å². The van der Waals surface area contributed by atoms with Crippen LogP contribution in [-0.2, 0) is 9.47 Å². The molecule has 0 amide bonds. The average molecular weight is 1070 g/mol. The van der Waals surface area contributed by atoms with Gasteiger partial charge in [-0.25, -0.2) is 19.2 Å². The second kappa shape index (κ2) is 25.0. The third-order valence-corrected chi connectivity index (χ3v) is 13.4. The molecule has 3 N–H and O–H groups in total. The Balaban J connectivity index is 0.000000502. The number of ether oxygens (including phenoxy) is 6. The molecule has 0 radical (unpaired) electrons. The first kappa shape index (κ1) is 48.8. The van der Waals surface area contributed by atoms with E-state index in [1.54, 1.807) is 21.5 Å². The van der Waals surface area contributed by atoms with Gasteiger partial charge in [-0.1, -0.05) is 0 Å². The smallest absolute Gasteiger partial charge is 0.870 e. The van der Waals surface area contributed by atoms with E-state index in [2.05, 4.69) is 63.7 Å². The molecule has 0 bridgehead atoms. The van der Waals surface area contributed by atoms with E-state index in [1.165, 1.54) is 36.9 Å². The van der Waals surface area contributed by atoms with E-state index in [4.69, 9.17) is 38.6 Å². The number of carboxylic acid groups (broad SMARTS) is 2. The summed E-state index contributed by atoms with van der Waals surface area (Å²) in [7, 11) is 2.67. The van der Waals surface area contributed by atoms with E-state index in [-0.39, 0.29) is 44.8 Å². The third kappa shape index (κ3) is 14.1. The van der Waals surface area contributed by atoms with Gasteiger partial charge in [-0.2, -0.15) is 0 Å². The molecule has 4 rings (SSSR count). The molecule has 13 nitrogen and oxygen atoms in total. The largest absolute Gasteiger partial charge is 1.00 e. The molecule has 280 valence electrons. The number of aromatic carboxylic acids is 2. The standard InChI is InChI=1S/C16H16Br2O6S2.C14H12Br2O6S2.Na.H2O/c1-21-15(19)13-11(9(17)7-25-13)23-5-3-4-6-24-12-10(18)8-26-14(12)16(20)22-2;15-7-5-23-11(13(17)18)9(7)21-3-1-2-4-22-10-8(16)6-24-12(10)14(19)20;;/h7-8H,3-6H2,1-2H3;5-6H,1-4H2,(H,17,18)(H,19,20);;1H2/q;;+1;/p-1. The van der Waals surface area contributed by atoms with Gasteiger partial charge >= 0.3 is 53.4 Å². The summed E-state index contributed by atoms with van der Waals surface area (Å²) in [4.78, 5) is 46.7. The van der Waals surface area contributed by atoms with E-state index < -0.39 is 23.9 Å². The average Bonchev–Trinajstić information content (AvgIpc) is 3.86. The van der Waals surface area contributed by atoms with Crippen molar-refractivity contribution < 1.29 is 92.8 Å². The predicted octanol–water partition coefficient (Wildman–Crippen LogP) is 6.94. The number of hydrogen-bond acceptors (Lipinski definition) is 15. The minimum Gasteiger partial charge on any atom is -0.870 e. The van der Waals surface area contributed by atoms with Crippen LogP contribution in [0.2, 0.25) is 0 Å². The topological polar surface area (TPSA) is 194 Å². The molecule has 22 heteroatoms. The van der Waals surface area contributed by atoms with Crippen molar-refractivity contribution in [2.75, 3.05) is 40.6 Å². The fraction of sp³-hybridized carbons (Fsp3) is 0.333. The van der Waals surface area contributed by atoms with Gasteiger partial charge in [0.05, 0.1) is 58.5 Å². The number of carboxylic acids is 2. The van der Waals surface area contributed by atoms with Gasteiger partial charge in [0.25, 0.3) is 0 Å². The molecular formula is C30H29Br4NaO13S4. The summed E-state index contributed by atoms with van der Waals surface area (Å²) >= 11 is 18.0. The van der Waals surface area contributed by atoms with E-state index in [0.717, 1.165) is 44.5 Å². The molecule has 0 aliphatic rings. The number of carbonyl (C=O) groups excluding carboxylic acids is 2. The fourth-order valence-corrected chi connectivity index (χ4v) is 9.58. The van der Waals surface area contributed by atoms with Crippen molar-refractivity contribution in [1.82, 2.24) is 0 Å². The van der Waals surface area contributed by atoms with E-state index in [1.807, 2.05) is 0 Å². The first-order valence-corrected chi connectivity index (χ1v) is 20.8. The summed E-state index contributed by atoms with van der Waals surface area (Å²) in [5, 5.41) is 25.0. The molecule has 0 spiro atoms. The monoisotopic (exact) mass is 1060 g/mol. The molecule has 0 unspecified atom stereocenters. The van der Waals surface area contributed by atoms with Gasteiger partial charge in [-0.05, 0) is 89.4 Å². The van der Waals surface area contributed by atoms with Crippen LogP contribution in [0.15, 0.2) is 39.4 Å². The number of rotatable bonds is 18. The zero-order valence-electron chi connectivity index (χ0n) is 27.5. The summed E-state index contributed by atoms with van der Waals surface area (Å²) in [6.07, 6.45) is 2.73. The Hall–Kier alpha value is -1.24. The first-order chi connectivity index (χ1) is 23.9. The number of halogens is 4. The Morgan fingerprint density at radius 2 is 0.750 bits per heavy atom. The van der Waals surface area contributed by atoms with Crippen LogP contribution in [0.25, 0.3) is 0 Å². The molecule has 52 heavy (non-hydrogen) atoms. The van der Waals surface area contributed by atoms with Crippen LogP contribution in [0, 0.1) is 0 Å². The number of carbonyl (C=O) groups is 4. The van der Waals surface area contributed by atoms with Crippen molar-refractivity contribution >= 4 is 133 Å². The quantitative estimate of drug-likeness (QED) is 0.0592. The van der Waals surface area contributed by atoms with Crippen molar-refractivity contribution in [3.8, 4) is 23.0 Å². The summed E-state index contributed by atoms with van der Waals surface area (Å²) < 4.78 is 34.6. The van der Waals surface area contributed by atoms with Gasteiger partial charge in [0.1, 0.15) is 0 Å². The van der Waals surface area contributed by atoms with Gasteiger partial charge in [0.15, 0.2) is 42.5 Å². The zero-order chi connectivity index (χ0) is 36.8. The van der Waals surface area contributed by atoms with Crippen molar-refractivity contribution in [1.29, 1.82) is 0 Å². The van der Waals surface area contributed by atoms with Crippen LogP contribution in [0.3, 0.4) is 0 Å². The molecule has 4 heterocycles. The molecule has 4 aromatic rings. The van der Waals surface area contributed by atoms with Gasteiger partial charge < -0.3 is 44.1 Å². The zero-order valence-corrected chi connectivity index (χ0v) is 39.1. The Morgan fingerprint density at radius 1 is 0.519 bits per heavy atom. The number of hydrogen-bond donors (Lipinski definition) is 2. The Morgan fingerprint density at radius 3 is 0.981 bits per heavy atom. The van der Waals surface area contributed by atoms with Crippen molar-refractivity contribution in [3.63, 3.8) is 0 Å². The van der Waals surface area contributed by atoms with E-state index in [0.29, 0.717) is 81.0 Å². The molecule has 0 aliphatic heterocycles. The number of thiophene rings is 4. The second-order valence-corrected chi connectivity index (χ2v) is 16.3. The van der Waals surface area contributed by atoms with Crippen LogP contribution < -0.4 is 48.5 Å². The first-order valence-electron chi connectivity index (χ1n) is 14.1. The van der Waals surface area contributed by atoms with Crippen molar-refractivity contribution in [3.05, 3.63) is 58.9 Å². The van der Waals surface area contributed by atoms with E-state index >= 15 is 0 Å². The Labute approximate surface area is 370 Å². The summed E-state index contributed by atoms with van der Waals surface area (Å²) in [5.41, 5.74) is 0. The predicted molar refractivity (Wildman–Crippen MR) is 207 cm³/mol. The maximum absolute atomic E-state index is 11.7. The fourth-order valence-electron chi connectivity index (χ4n) is 3.71. The van der Waals surface area contributed by atoms with Crippen LogP contribution in [0.1, 0.15) is 64.4 Å². The number of methoxy groups -OCH3 is 2. The minimum absolute atomic E-state index is 0. The Kier molecular flexibility index (Phi) is 23.5. The molecule has 0 aromatic carbocycles. The van der Waals surface area contributed by atoms with Crippen LogP contribution in [0.5, 0.6) is 23.0 Å². The van der Waals surface area contributed by atoms with Gasteiger partial charge in [-0.3, -0.25) is 0 Å². The Bertz CT molecular complexity index is 1650. The normalized spacial score (nSPS) is 10.1. The second-order valence-electron chi connectivity index (χ2n) is 9.37. The van der Waals surface area contributed by atoms with Crippen LogP contribution in [-0.4, -0.2) is 80.2 Å². The summed E-state index contributed by atoms with van der Waals surface area (Å²) in [5.74, 6) is -1.22.